The second kappa shape index (κ2) is 6.41. The van der Waals surface area contributed by atoms with E-state index in [1.807, 2.05) is 6.92 Å². The van der Waals surface area contributed by atoms with E-state index in [9.17, 15) is 10.1 Å². The Hall–Kier alpha value is -1.34. The SMILES string of the molecule is CCNC(=C[N+](=O)[O-])N(C)Cc1cnc(Cl)s1. The van der Waals surface area contributed by atoms with E-state index in [1.165, 1.54) is 11.3 Å². The van der Waals surface area contributed by atoms with Gasteiger partial charge in [-0.1, -0.05) is 11.6 Å². The van der Waals surface area contributed by atoms with Crippen molar-refractivity contribution >= 4 is 22.9 Å². The van der Waals surface area contributed by atoms with Crippen LogP contribution >= 0.6 is 22.9 Å². The number of nitrogens with zero attached hydrogens (tertiary/aromatic N) is 3. The number of halogens is 1. The zero-order valence-corrected chi connectivity index (χ0v) is 11.1. The van der Waals surface area contributed by atoms with Crippen molar-refractivity contribution < 1.29 is 4.92 Å². The Balaban J connectivity index is 2.71. The van der Waals surface area contributed by atoms with Crippen LogP contribution in [-0.4, -0.2) is 28.4 Å². The second-order valence-electron chi connectivity index (χ2n) is 3.27. The molecule has 0 saturated carbocycles. The van der Waals surface area contributed by atoms with Crippen LogP contribution in [0.1, 0.15) is 11.8 Å². The van der Waals surface area contributed by atoms with Crippen LogP contribution in [0.15, 0.2) is 18.2 Å². The zero-order valence-electron chi connectivity index (χ0n) is 9.51. The molecule has 1 N–H and O–H groups in total. The maximum atomic E-state index is 10.5. The van der Waals surface area contributed by atoms with Gasteiger partial charge in [0.05, 0.1) is 11.5 Å². The minimum atomic E-state index is -0.478. The van der Waals surface area contributed by atoms with Crippen LogP contribution in [0.4, 0.5) is 0 Å². The molecular weight excluding hydrogens is 264 g/mol. The summed E-state index contributed by atoms with van der Waals surface area (Å²) in [6.45, 7) is 3.02. The molecule has 6 nitrogen and oxygen atoms in total. The molecule has 0 unspecified atom stereocenters. The fourth-order valence-corrected chi connectivity index (χ4v) is 2.27. The quantitative estimate of drug-likeness (QED) is 0.635. The van der Waals surface area contributed by atoms with E-state index >= 15 is 0 Å². The highest BCUT2D eigenvalue weighted by atomic mass is 35.5. The molecule has 0 aliphatic heterocycles. The lowest BCUT2D eigenvalue weighted by Gasteiger charge is -2.20. The van der Waals surface area contributed by atoms with E-state index in [0.29, 0.717) is 23.4 Å². The van der Waals surface area contributed by atoms with Gasteiger partial charge in [0, 0.05) is 24.7 Å². The Morgan fingerprint density at radius 3 is 3.00 bits per heavy atom. The van der Waals surface area contributed by atoms with Gasteiger partial charge in [-0.25, -0.2) is 4.98 Å². The van der Waals surface area contributed by atoms with Crippen LogP contribution in [0.2, 0.25) is 4.47 Å². The third kappa shape index (κ3) is 4.58. The van der Waals surface area contributed by atoms with E-state index in [4.69, 9.17) is 11.6 Å². The molecule has 0 aromatic carbocycles. The molecule has 8 heteroatoms. The summed E-state index contributed by atoms with van der Waals surface area (Å²) in [6, 6.07) is 0. The maximum Gasteiger partial charge on any atom is 0.274 e. The molecule has 17 heavy (non-hydrogen) atoms. The van der Waals surface area contributed by atoms with Gasteiger partial charge in [-0.15, -0.1) is 11.3 Å². The summed E-state index contributed by atoms with van der Waals surface area (Å²) in [6.07, 6.45) is 2.62. The molecule has 0 saturated heterocycles. The van der Waals surface area contributed by atoms with Gasteiger partial charge in [0.15, 0.2) is 10.3 Å². The fourth-order valence-electron chi connectivity index (χ4n) is 1.24. The third-order valence-corrected chi connectivity index (χ3v) is 3.01. The minimum absolute atomic E-state index is 0.460. The summed E-state index contributed by atoms with van der Waals surface area (Å²) in [7, 11) is 1.77. The van der Waals surface area contributed by atoms with Crippen molar-refractivity contribution in [1.82, 2.24) is 15.2 Å². The molecule has 0 spiro atoms. The average Bonchev–Trinajstić information content (AvgIpc) is 2.62. The van der Waals surface area contributed by atoms with Gasteiger partial charge in [0.25, 0.3) is 6.20 Å². The summed E-state index contributed by atoms with van der Waals surface area (Å²) in [5, 5.41) is 13.4. The van der Waals surface area contributed by atoms with Crippen LogP contribution in [-0.2, 0) is 6.54 Å². The molecule has 0 atom stereocenters. The maximum absolute atomic E-state index is 10.5. The monoisotopic (exact) mass is 276 g/mol. The lowest BCUT2D eigenvalue weighted by atomic mass is 10.4. The summed E-state index contributed by atoms with van der Waals surface area (Å²) in [5.74, 6) is 0.460. The molecule has 0 bridgehead atoms. The number of aromatic nitrogens is 1. The molecule has 0 aliphatic rings. The summed E-state index contributed by atoms with van der Waals surface area (Å²) < 4.78 is 0.469. The normalized spacial score (nSPS) is 11.4. The highest BCUT2D eigenvalue weighted by Crippen LogP contribution is 2.19. The lowest BCUT2D eigenvalue weighted by molar-refractivity contribution is -0.404. The van der Waals surface area contributed by atoms with Crippen LogP contribution in [0, 0.1) is 10.1 Å². The smallest absolute Gasteiger partial charge is 0.274 e. The second-order valence-corrected chi connectivity index (χ2v) is 4.96. The Bertz CT molecular complexity index is 421. The highest BCUT2D eigenvalue weighted by molar-refractivity contribution is 7.15. The first-order chi connectivity index (χ1) is 8.02. The van der Waals surface area contributed by atoms with E-state index < -0.39 is 4.92 Å². The molecule has 0 radical (unpaired) electrons. The van der Waals surface area contributed by atoms with Gasteiger partial charge >= 0.3 is 0 Å². The number of nitrogens with one attached hydrogen (secondary N) is 1. The van der Waals surface area contributed by atoms with Gasteiger partial charge in [0.1, 0.15) is 0 Å². The molecule has 1 aromatic heterocycles. The van der Waals surface area contributed by atoms with Crippen LogP contribution in [0.3, 0.4) is 0 Å². The van der Waals surface area contributed by atoms with Gasteiger partial charge < -0.3 is 10.2 Å². The Morgan fingerprint density at radius 2 is 2.53 bits per heavy atom. The lowest BCUT2D eigenvalue weighted by Crippen LogP contribution is -2.28. The molecule has 0 aliphatic carbocycles. The van der Waals surface area contributed by atoms with E-state index in [2.05, 4.69) is 10.3 Å². The number of hydrogen-bond acceptors (Lipinski definition) is 6. The van der Waals surface area contributed by atoms with Crippen molar-refractivity contribution in [3.05, 3.63) is 37.7 Å². The zero-order chi connectivity index (χ0) is 12.8. The molecule has 94 valence electrons. The molecule has 0 fully saturated rings. The Labute approximate surface area is 108 Å². The molecular formula is C9H13ClN4O2S. The molecule has 0 amide bonds. The molecule has 1 aromatic rings. The van der Waals surface area contributed by atoms with Gasteiger partial charge in [-0.05, 0) is 6.92 Å². The topological polar surface area (TPSA) is 71.3 Å². The minimum Gasteiger partial charge on any atom is -0.367 e. The van der Waals surface area contributed by atoms with Crippen LogP contribution in [0.5, 0.6) is 0 Å². The predicted octanol–water partition coefficient (Wildman–Crippen LogP) is 1.91. The molecule has 1 heterocycles. The summed E-state index contributed by atoms with van der Waals surface area (Å²) in [5.41, 5.74) is 0. The number of hydrogen-bond donors (Lipinski definition) is 1. The largest absolute Gasteiger partial charge is 0.367 e. The molecule has 1 rings (SSSR count). The van der Waals surface area contributed by atoms with Crippen molar-refractivity contribution in [2.75, 3.05) is 13.6 Å². The Morgan fingerprint density at radius 1 is 1.82 bits per heavy atom. The summed E-state index contributed by atoms with van der Waals surface area (Å²) in [4.78, 5) is 16.6. The number of rotatable bonds is 6. The average molecular weight is 277 g/mol. The van der Waals surface area contributed by atoms with Gasteiger partial charge in [-0.2, -0.15) is 0 Å². The van der Waals surface area contributed by atoms with Crippen molar-refractivity contribution in [2.24, 2.45) is 0 Å². The first-order valence-corrected chi connectivity index (χ1v) is 6.13. The first-order valence-electron chi connectivity index (χ1n) is 4.93. The number of thiazole rings is 1. The van der Waals surface area contributed by atoms with Crippen LogP contribution < -0.4 is 5.32 Å². The third-order valence-electron chi connectivity index (χ3n) is 1.92. The van der Waals surface area contributed by atoms with E-state index in [-0.39, 0.29) is 0 Å². The summed E-state index contributed by atoms with van der Waals surface area (Å²) >= 11 is 7.08. The van der Waals surface area contributed by atoms with Gasteiger partial charge in [0.2, 0.25) is 0 Å². The van der Waals surface area contributed by atoms with E-state index in [0.717, 1.165) is 11.1 Å². The van der Waals surface area contributed by atoms with E-state index in [1.54, 1.807) is 18.1 Å². The van der Waals surface area contributed by atoms with Crippen molar-refractivity contribution in [1.29, 1.82) is 0 Å². The predicted molar refractivity (Wildman–Crippen MR) is 67.3 cm³/mol. The number of nitro groups is 1. The van der Waals surface area contributed by atoms with Crippen LogP contribution in [0.25, 0.3) is 0 Å². The van der Waals surface area contributed by atoms with Crippen molar-refractivity contribution in [3.63, 3.8) is 0 Å². The fraction of sp³-hybridized carbons (Fsp3) is 0.444. The first kappa shape index (κ1) is 13.7. The van der Waals surface area contributed by atoms with Gasteiger partial charge in [-0.3, -0.25) is 10.1 Å². The Kier molecular flexibility index (Phi) is 5.17. The van der Waals surface area contributed by atoms with Crippen molar-refractivity contribution in [3.8, 4) is 0 Å². The standard InChI is InChI=1S/C9H13ClN4O2S/c1-3-11-8(6-14(15)16)13(2)5-7-4-12-9(10)17-7/h4,6,11H,3,5H2,1-2H3. The highest BCUT2D eigenvalue weighted by Gasteiger charge is 2.10. The van der Waals surface area contributed by atoms with Crippen molar-refractivity contribution in [2.45, 2.75) is 13.5 Å².